The molecule has 0 aromatic heterocycles. The van der Waals surface area contributed by atoms with Crippen molar-refractivity contribution in [2.24, 2.45) is 0 Å². The highest BCUT2D eigenvalue weighted by Gasteiger charge is 2.53. The Hall–Kier alpha value is -2.86. The fraction of sp³-hybridized carbons (Fsp3) is 0.318. The zero-order valence-corrected chi connectivity index (χ0v) is 16.9. The fourth-order valence-electron chi connectivity index (χ4n) is 4.10. The number of carbonyl (C=O) groups excluding carboxylic acids is 3. The first kappa shape index (κ1) is 19.5. The van der Waals surface area contributed by atoms with Gasteiger partial charge in [-0.15, -0.1) is 0 Å². The third-order valence-electron chi connectivity index (χ3n) is 5.52. The number of rotatable bonds is 3. The van der Waals surface area contributed by atoms with Crippen molar-refractivity contribution < 1.29 is 14.4 Å². The first-order chi connectivity index (χ1) is 13.9. The lowest BCUT2D eigenvalue weighted by atomic mass is 9.88. The average Bonchev–Trinajstić information content (AvgIpc) is 2.91. The van der Waals surface area contributed by atoms with Crippen LogP contribution in [0.4, 0.5) is 4.79 Å². The van der Waals surface area contributed by atoms with E-state index in [1.54, 1.807) is 29.2 Å². The molecule has 1 N–H and O–H groups in total. The molecule has 1 atom stereocenters. The Morgan fingerprint density at radius 1 is 1.17 bits per heavy atom. The molecule has 0 radical (unpaired) electrons. The lowest BCUT2D eigenvalue weighted by Gasteiger charge is -2.38. The maximum Gasteiger partial charge on any atom is 0.325 e. The van der Waals surface area contributed by atoms with Crippen molar-refractivity contribution in [1.82, 2.24) is 15.1 Å². The van der Waals surface area contributed by atoms with Crippen LogP contribution < -0.4 is 5.32 Å². The minimum Gasteiger partial charge on any atom is -0.336 e. The molecule has 2 fully saturated rings. The number of hydrogen-bond donors (Lipinski definition) is 1. The van der Waals surface area contributed by atoms with Crippen molar-refractivity contribution in [1.29, 1.82) is 0 Å². The highest BCUT2D eigenvalue weighted by Crippen LogP contribution is 2.30. The number of benzene rings is 2. The lowest BCUT2D eigenvalue weighted by Crippen LogP contribution is -2.59. The molecule has 2 aromatic rings. The van der Waals surface area contributed by atoms with Gasteiger partial charge in [-0.25, -0.2) is 4.79 Å². The number of amides is 4. The maximum absolute atomic E-state index is 13.2. The molecule has 2 heterocycles. The van der Waals surface area contributed by atoms with Gasteiger partial charge in [0.05, 0.1) is 13.1 Å². The molecule has 2 aliphatic heterocycles. The maximum atomic E-state index is 13.2. The molecule has 2 aromatic carbocycles. The summed E-state index contributed by atoms with van der Waals surface area (Å²) in [5.41, 5.74) is 1.31. The SMILES string of the molecule is Cc1cccc(C(=O)N2CCCC3(C2)NC(=O)N(Cc2cccc(Cl)c2)C3=O)c1. The van der Waals surface area contributed by atoms with Crippen LogP contribution in [0.1, 0.15) is 34.3 Å². The number of hydrogen-bond acceptors (Lipinski definition) is 3. The Balaban J connectivity index is 1.54. The van der Waals surface area contributed by atoms with E-state index in [0.717, 1.165) is 11.1 Å². The zero-order valence-electron chi connectivity index (χ0n) is 16.2. The van der Waals surface area contributed by atoms with E-state index < -0.39 is 11.6 Å². The second-order valence-electron chi connectivity index (χ2n) is 7.73. The average molecular weight is 412 g/mol. The molecule has 0 bridgehead atoms. The van der Waals surface area contributed by atoms with Gasteiger partial charge in [0.15, 0.2) is 0 Å². The summed E-state index contributed by atoms with van der Waals surface area (Å²) in [4.78, 5) is 41.7. The van der Waals surface area contributed by atoms with Gasteiger partial charge in [0.1, 0.15) is 5.54 Å². The largest absolute Gasteiger partial charge is 0.336 e. The van der Waals surface area contributed by atoms with Crippen LogP contribution in [0.3, 0.4) is 0 Å². The molecule has 2 aliphatic rings. The highest BCUT2D eigenvalue weighted by molar-refractivity contribution is 6.30. The Kier molecular flexibility index (Phi) is 5.04. The summed E-state index contributed by atoms with van der Waals surface area (Å²) in [7, 11) is 0. The number of likely N-dealkylation sites (tertiary alicyclic amines) is 1. The fourth-order valence-corrected chi connectivity index (χ4v) is 4.32. The molecule has 2 saturated heterocycles. The molecule has 6 nitrogen and oxygen atoms in total. The van der Waals surface area contributed by atoms with Gasteiger partial charge in [0, 0.05) is 17.1 Å². The van der Waals surface area contributed by atoms with Gasteiger partial charge in [-0.1, -0.05) is 41.4 Å². The molecule has 4 rings (SSSR count). The highest BCUT2D eigenvalue weighted by atomic mass is 35.5. The van der Waals surface area contributed by atoms with Crippen LogP contribution in [0.25, 0.3) is 0 Å². The lowest BCUT2D eigenvalue weighted by molar-refractivity contribution is -0.133. The van der Waals surface area contributed by atoms with Gasteiger partial charge in [0.25, 0.3) is 11.8 Å². The molecular formula is C22H22ClN3O3. The minimum atomic E-state index is -1.06. The van der Waals surface area contributed by atoms with Crippen molar-refractivity contribution >= 4 is 29.4 Å². The topological polar surface area (TPSA) is 69.7 Å². The van der Waals surface area contributed by atoms with E-state index >= 15 is 0 Å². The molecule has 7 heteroatoms. The van der Waals surface area contributed by atoms with Crippen molar-refractivity contribution in [2.75, 3.05) is 13.1 Å². The van der Waals surface area contributed by atoms with Gasteiger partial charge < -0.3 is 10.2 Å². The van der Waals surface area contributed by atoms with Crippen molar-refractivity contribution in [3.63, 3.8) is 0 Å². The molecule has 150 valence electrons. The van der Waals surface area contributed by atoms with E-state index in [1.807, 2.05) is 31.2 Å². The first-order valence-corrected chi connectivity index (χ1v) is 10.0. The van der Waals surface area contributed by atoms with Gasteiger partial charge in [-0.05, 0) is 49.6 Å². The van der Waals surface area contributed by atoms with E-state index in [-0.39, 0.29) is 24.9 Å². The minimum absolute atomic E-state index is 0.122. The predicted octanol–water partition coefficient (Wildman–Crippen LogP) is 3.38. The molecule has 1 unspecified atom stereocenters. The summed E-state index contributed by atoms with van der Waals surface area (Å²) in [6, 6.07) is 14.1. The van der Waals surface area contributed by atoms with Crippen molar-refractivity contribution in [3.8, 4) is 0 Å². The standard InChI is InChI=1S/C22H22ClN3O3/c1-15-5-2-7-17(11-15)19(27)25-10-4-9-22(14-25)20(28)26(21(29)24-22)13-16-6-3-8-18(23)12-16/h2-3,5-8,11-12H,4,9-10,13-14H2,1H3,(H,24,29). The normalized spacial score (nSPS) is 21.6. The van der Waals surface area contributed by atoms with E-state index in [9.17, 15) is 14.4 Å². The number of carbonyl (C=O) groups is 3. The van der Waals surface area contributed by atoms with Crippen LogP contribution in [0.15, 0.2) is 48.5 Å². The van der Waals surface area contributed by atoms with Crippen molar-refractivity contribution in [2.45, 2.75) is 31.8 Å². The van der Waals surface area contributed by atoms with E-state index in [0.29, 0.717) is 30.0 Å². The summed E-state index contributed by atoms with van der Waals surface area (Å²) in [6.45, 7) is 2.82. The second-order valence-corrected chi connectivity index (χ2v) is 8.17. The summed E-state index contributed by atoms with van der Waals surface area (Å²) in [5.74, 6) is -0.410. The molecule has 29 heavy (non-hydrogen) atoms. The molecular weight excluding hydrogens is 390 g/mol. The smallest absolute Gasteiger partial charge is 0.325 e. The predicted molar refractivity (Wildman–Crippen MR) is 110 cm³/mol. The van der Waals surface area contributed by atoms with Crippen LogP contribution in [0.5, 0.6) is 0 Å². The third-order valence-corrected chi connectivity index (χ3v) is 5.76. The first-order valence-electron chi connectivity index (χ1n) is 9.62. The van der Waals surface area contributed by atoms with E-state index in [1.165, 1.54) is 4.90 Å². The quantitative estimate of drug-likeness (QED) is 0.787. The Labute approximate surface area is 174 Å². The number of piperidine rings is 1. The summed E-state index contributed by atoms with van der Waals surface area (Å²) in [5, 5.41) is 3.41. The zero-order chi connectivity index (χ0) is 20.6. The molecule has 1 spiro atoms. The number of nitrogens with one attached hydrogen (secondary N) is 1. The van der Waals surface area contributed by atoms with Crippen LogP contribution in [-0.2, 0) is 11.3 Å². The second kappa shape index (κ2) is 7.52. The summed E-state index contributed by atoms with van der Waals surface area (Å²) < 4.78 is 0. The van der Waals surface area contributed by atoms with Crippen molar-refractivity contribution in [3.05, 3.63) is 70.2 Å². The van der Waals surface area contributed by atoms with Crippen LogP contribution in [0.2, 0.25) is 5.02 Å². The summed E-state index contributed by atoms with van der Waals surface area (Å²) >= 11 is 6.02. The number of imide groups is 1. The Morgan fingerprint density at radius 3 is 2.72 bits per heavy atom. The molecule has 4 amide bonds. The third kappa shape index (κ3) is 3.72. The van der Waals surface area contributed by atoms with E-state index in [4.69, 9.17) is 11.6 Å². The number of aryl methyl sites for hydroxylation is 1. The van der Waals surface area contributed by atoms with Gasteiger partial charge in [-0.2, -0.15) is 0 Å². The van der Waals surface area contributed by atoms with Crippen LogP contribution in [-0.4, -0.2) is 46.3 Å². The molecule has 0 aliphatic carbocycles. The van der Waals surface area contributed by atoms with Crippen LogP contribution in [0, 0.1) is 6.92 Å². The van der Waals surface area contributed by atoms with Gasteiger partial charge in [-0.3, -0.25) is 14.5 Å². The summed E-state index contributed by atoms with van der Waals surface area (Å²) in [6.07, 6.45) is 1.16. The van der Waals surface area contributed by atoms with Gasteiger partial charge >= 0.3 is 6.03 Å². The Morgan fingerprint density at radius 2 is 1.97 bits per heavy atom. The molecule has 0 saturated carbocycles. The Bertz CT molecular complexity index is 993. The monoisotopic (exact) mass is 411 g/mol. The number of urea groups is 1. The number of nitrogens with zero attached hydrogens (tertiary/aromatic N) is 2. The van der Waals surface area contributed by atoms with Crippen LogP contribution >= 0.6 is 11.6 Å². The van der Waals surface area contributed by atoms with Gasteiger partial charge in [0.2, 0.25) is 0 Å². The van der Waals surface area contributed by atoms with E-state index in [2.05, 4.69) is 5.32 Å². The number of halogens is 1.